The van der Waals surface area contributed by atoms with Gasteiger partial charge in [-0.1, -0.05) is 35.9 Å². The number of nitrogens with one attached hydrogen (secondary N) is 1. The minimum absolute atomic E-state index is 0.0346. The summed E-state index contributed by atoms with van der Waals surface area (Å²) in [7, 11) is 0. The van der Waals surface area contributed by atoms with Gasteiger partial charge in [0.2, 0.25) is 0 Å². The molecule has 1 unspecified atom stereocenters. The molecule has 0 fully saturated rings. The standard InChI is InChI=1S/C17H18FNO2/c1-11-7-8-13(12(2)9-11)17(21)19-10-16(20)14-5-3-4-6-15(14)18/h3-9,16,20H,10H2,1-2H3,(H,19,21). The third kappa shape index (κ3) is 3.67. The Morgan fingerprint density at radius 3 is 2.62 bits per heavy atom. The highest BCUT2D eigenvalue weighted by molar-refractivity contribution is 5.95. The topological polar surface area (TPSA) is 49.3 Å². The van der Waals surface area contributed by atoms with Crippen LogP contribution in [0.25, 0.3) is 0 Å². The van der Waals surface area contributed by atoms with Gasteiger partial charge in [0.1, 0.15) is 5.82 Å². The first-order valence-corrected chi connectivity index (χ1v) is 6.77. The van der Waals surface area contributed by atoms with E-state index in [1.165, 1.54) is 12.1 Å². The van der Waals surface area contributed by atoms with Crippen LogP contribution < -0.4 is 5.32 Å². The van der Waals surface area contributed by atoms with Crippen LogP contribution in [0.1, 0.15) is 33.2 Å². The molecular weight excluding hydrogens is 269 g/mol. The second kappa shape index (κ2) is 6.50. The molecule has 2 aromatic carbocycles. The lowest BCUT2D eigenvalue weighted by atomic mass is 10.0. The maximum atomic E-state index is 13.5. The normalized spacial score (nSPS) is 12.0. The Hall–Kier alpha value is -2.20. The number of hydrogen-bond donors (Lipinski definition) is 2. The van der Waals surface area contributed by atoms with Crippen LogP contribution in [0.2, 0.25) is 0 Å². The number of aliphatic hydroxyl groups excluding tert-OH is 1. The summed E-state index contributed by atoms with van der Waals surface area (Å²) < 4.78 is 13.5. The van der Waals surface area contributed by atoms with Crippen LogP contribution in [0, 0.1) is 19.7 Å². The molecular formula is C17H18FNO2. The number of benzene rings is 2. The summed E-state index contributed by atoms with van der Waals surface area (Å²) in [5, 5.41) is 12.6. The highest BCUT2D eigenvalue weighted by atomic mass is 19.1. The number of amides is 1. The van der Waals surface area contributed by atoms with E-state index < -0.39 is 11.9 Å². The number of aliphatic hydroxyl groups is 1. The first-order valence-electron chi connectivity index (χ1n) is 6.77. The molecule has 3 nitrogen and oxygen atoms in total. The van der Waals surface area contributed by atoms with E-state index in [2.05, 4.69) is 5.32 Å². The molecule has 0 aliphatic carbocycles. The smallest absolute Gasteiger partial charge is 0.251 e. The molecule has 0 saturated carbocycles. The van der Waals surface area contributed by atoms with Crippen LogP contribution in [-0.2, 0) is 0 Å². The summed E-state index contributed by atoms with van der Waals surface area (Å²) >= 11 is 0. The van der Waals surface area contributed by atoms with Crippen molar-refractivity contribution in [2.75, 3.05) is 6.54 Å². The number of rotatable bonds is 4. The zero-order valence-electron chi connectivity index (χ0n) is 12.1. The van der Waals surface area contributed by atoms with E-state index in [4.69, 9.17) is 0 Å². The predicted octanol–water partition coefficient (Wildman–Crippen LogP) is 2.91. The van der Waals surface area contributed by atoms with Crippen molar-refractivity contribution in [1.29, 1.82) is 0 Å². The van der Waals surface area contributed by atoms with E-state index in [9.17, 15) is 14.3 Å². The van der Waals surface area contributed by atoms with Gasteiger partial charge in [-0.3, -0.25) is 4.79 Å². The van der Waals surface area contributed by atoms with Crippen molar-refractivity contribution in [2.45, 2.75) is 20.0 Å². The molecule has 21 heavy (non-hydrogen) atoms. The van der Waals surface area contributed by atoms with Gasteiger partial charge in [0.05, 0.1) is 6.10 Å². The molecule has 0 spiro atoms. The van der Waals surface area contributed by atoms with E-state index in [1.54, 1.807) is 18.2 Å². The van der Waals surface area contributed by atoms with Gasteiger partial charge in [0, 0.05) is 17.7 Å². The van der Waals surface area contributed by atoms with E-state index in [0.717, 1.165) is 11.1 Å². The minimum atomic E-state index is -1.07. The molecule has 0 aliphatic heterocycles. The zero-order chi connectivity index (χ0) is 15.4. The van der Waals surface area contributed by atoms with E-state index in [1.807, 2.05) is 26.0 Å². The van der Waals surface area contributed by atoms with Gasteiger partial charge in [-0.15, -0.1) is 0 Å². The average Bonchev–Trinajstić information content (AvgIpc) is 2.45. The van der Waals surface area contributed by atoms with Gasteiger partial charge < -0.3 is 10.4 Å². The third-order valence-corrected chi connectivity index (χ3v) is 3.35. The summed E-state index contributed by atoms with van der Waals surface area (Å²) in [6.45, 7) is 3.78. The van der Waals surface area contributed by atoms with Crippen molar-refractivity contribution >= 4 is 5.91 Å². The monoisotopic (exact) mass is 287 g/mol. The molecule has 1 amide bonds. The van der Waals surface area contributed by atoms with Crippen LogP contribution >= 0.6 is 0 Å². The molecule has 2 aromatic rings. The second-order valence-electron chi connectivity index (χ2n) is 5.07. The van der Waals surface area contributed by atoms with Crippen molar-refractivity contribution < 1.29 is 14.3 Å². The predicted molar refractivity (Wildman–Crippen MR) is 79.6 cm³/mol. The molecule has 1 atom stereocenters. The SMILES string of the molecule is Cc1ccc(C(=O)NCC(O)c2ccccc2F)c(C)c1. The van der Waals surface area contributed by atoms with E-state index >= 15 is 0 Å². The lowest BCUT2D eigenvalue weighted by Gasteiger charge is -2.14. The number of carbonyl (C=O) groups excluding carboxylic acids is 1. The molecule has 2 rings (SSSR count). The fourth-order valence-corrected chi connectivity index (χ4v) is 2.21. The van der Waals surface area contributed by atoms with Crippen molar-refractivity contribution in [1.82, 2.24) is 5.32 Å². The Morgan fingerprint density at radius 1 is 1.24 bits per heavy atom. The summed E-state index contributed by atoms with van der Waals surface area (Å²) in [5.41, 5.74) is 2.68. The lowest BCUT2D eigenvalue weighted by molar-refractivity contribution is 0.0913. The number of aryl methyl sites for hydroxylation is 2. The van der Waals surface area contributed by atoms with Crippen molar-refractivity contribution in [3.63, 3.8) is 0 Å². The minimum Gasteiger partial charge on any atom is -0.386 e. The highest BCUT2D eigenvalue weighted by Crippen LogP contribution is 2.16. The van der Waals surface area contributed by atoms with Crippen molar-refractivity contribution in [3.8, 4) is 0 Å². The molecule has 2 N–H and O–H groups in total. The molecule has 0 aromatic heterocycles. The molecule has 0 radical (unpaired) electrons. The molecule has 0 bridgehead atoms. The Balaban J connectivity index is 2.02. The Labute approximate surface area is 123 Å². The summed E-state index contributed by atoms with van der Waals surface area (Å²) in [5.74, 6) is -0.756. The van der Waals surface area contributed by atoms with E-state index in [-0.39, 0.29) is 18.0 Å². The van der Waals surface area contributed by atoms with Crippen molar-refractivity contribution in [3.05, 3.63) is 70.5 Å². The zero-order valence-corrected chi connectivity index (χ0v) is 12.1. The molecule has 0 heterocycles. The maximum Gasteiger partial charge on any atom is 0.251 e. The van der Waals surface area contributed by atoms with E-state index in [0.29, 0.717) is 5.56 Å². The molecule has 4 heteroatoms. The third-order valence-electron chi connectivity index (χ3n) is 3.35. The largest absolute Gasteiger partial charge is 0.386 e. The first-order chi connectivity index (χ1) is 9.99. The lowest BCUT2D eigenvalue weighted by Crippen LogP contribution is -2.29. The number of halogens is 1. The highest BCUT2D eigenvalue weighted by Gasteiger charge is 2.15. The van der Waals surface area contributed by atoms with Crippen LogP contribution in [0.4, 0.5) is 4.39 Å². The average molecular weight is 287 g/mol. The van der Waals surface area contributed by atoms with Crippen LogP contribution in [0.15, 0.2) is 42.5 Å². The maximum absolute atomic E-state index is 13.5. The van der Waals surface area contributed by atoms with Gasteiger partial charge in [-0.25, -0.2) is 4.39 Å². The Bertz CT molecular complexity index is 655. The van der Waals surface area contributed by atoms with Gasteiger partial charge in [0.15, 0.2) is 0 Å². The van der Waals surface area contributed by atoms with Crippen molar-refractivity contribution in [2.24, 2.45) is 0 Å². The fraction of sp³-hybridized carbons (Fsp3) is 0.235. The summed E-state index contributed by atoms with van der Waals surface area (Å²) in [4.78, 5) is 12.1. The summed E-state index contributed by atoms with van der Waals surface area (Å²) in [6, 6.07) is 11.5. The summed E-state index contributed by atoms with van der Waals surface area (Å²) in [6.07, 6.45) is -1.07. The Morgan fingerprint density at radius 2 is 1.95 bits per heavy atom. The quantitative estimate of drug-likeness (QED) is 0.908. The fourth-order valence-electron chi connectivity index (χ4n) is 2.21. The van der Waals surface area contributed by atoms with Crippen LogP contribution in [-0.4, -0.2) is 17.6 Å². The van der Waals surface area contributed by atoms with Gasteiger partial charge in [-0.2, -0.15) is 0 Å². The van der Waals surface area contributed by atoms with Crippen LogP contribution in [0.5, 0.6) is 0 Å². The van der Waals surface area contributed by atoms with Gasteiger partial charge in [-0.05, 0) is 31.5 Å². The first kappa shape index (κ1) is 15.2. The van der Waals surface area contributed by atoms with Crippen LogP contribution in [0.3, 0.4) is 0 Å². The molecule has 0 saturated heterocycles. The Kier molecular flexibility index (Phi) is 4.70. The number of hydrogen-bond acceptors (Lipinski definition) is 2. The number of carbonyl (C=O) groups is 1. The molecule has 0 aliphatic rings. The second-order valence-corrected chi connectivity index (χ2v) is 5.07. The van der Waals surface area contributed by atoms with Gasteiger partial charge in [0.25, 0.3) is 5.91 Å². The van der Waals surface area contributed by atoms with Gasteiger partial charge >= 0.3 is 0 Å². The molecule has 110 valence electrons.